The molecule has 2 aromatic carbocycles. The van der Waals surface area contributed by atoms with Crippen LogP contribution < -0.4 is 21.9 Å². The highest BCUT2D eigenvalue weighted by atomic mass is 16.6. The van der Waals surface area contributed by atoms with E-state index in [1.165, 1.54) is 22.8 Å². The van der Waals surface area contributed by atoms with Crippen molar-refractivity contribution in [2.45, 2.75) is 97.3 Å². The van der Waals surface area contributed by atoms with Gasteiger partial charge in [-0.05, 0) is 72.4 Å². The first-order chi connectivity index (χ1) is 21.6. The molecule has 0 radical (unpaired) electrons. The molecule has 0 spiro atoms. The highest BCUT2D eigenvalue weighted by Crippen LogP contribution is 2.20. The van der Waals surface area contributed by atoms with Crippen LogP contribution in [0.15, 0.2) is 64.2 Å². The van der Waals surface area contributed by atoms with E-state index in [4.69, 9.17) is 0 Å². The van der Waals surface area contributed by atoms with Crippen LogP contribution in [0, 0.1) is 27.2 Å². The Morgan fingerprint density at radius 2 is 1.13 bits per heavy atom. The molecule has 45 heavy (non-hydrogen) atoms. The first-order valence-corrected chi connectivity index (χ1v) is 15.8. The zero-order valence-electron chi connectivity index (χ0n) is 26.6. The molecular weight excluding hydrogens is 576 g/mol. The van der Waals surface area contributed by atoms with E-state index < -0.39 is 0 Å². The van der Waals surface area contributed by atoms with Gasteiger partial charge in [0.15, 0.2) is 0 Å². The quantitative estimate of drug-likeness (QED) is 0.102. The topological polar surface area (TPSA) is 154 Å². The van der Waals surface area contributed by atoms with Crippen molar-refractivity contribution in [1.29, 1.82) is 0 Å². The monoisotopic (exact) mass is 622 g/mol. The van der Waals surface area contributed by atoms with Crippen LogP contribution in [-0.2, 0) is 25.9 Å². The molecule has 0 aliphatic rings. The van der Waals surface area contributed by atoms with Gasteiger partial charge in [0.25, 0.3) is 16.9 Å². The number of hydrogen-bond acceptors (Lipinski definition) is 8. The second-order valence-electron chi connectivity index (χ2n) is 11.7. The Morgan fingerprint density at radius 3 is 1.60 bits per heavy atom. The third-order valence-electron chi connectivity index (χ3n) is 8.02. The van der Waals surface area contributed by atoms with Gasteiger partial charge in [0, 0.05) is 60.2 Å². The first kappa shape index (κ1) is 35.3. The zero-order valence-corrected chi connectivity index (χ0v) is 26.6. The van der Waals surface area contributed by atoms with Crippen LogP contribution in [-0.4, -0.2) is 44.2 Å². The largest absolute Gasteiger partial charge is 0.331 e. The summed E-state index contributed by atoms with van der Waals surface area (Å²) in [4.78, 5) is 47.5. The Balaban J connectivity index is 1.36. The number of nitrogens with one attached hydrogen (secondary N) is 2. The fourth-order valence-electron chi connectivity index (χ4n) is 5.57. The van der Waals surface area contributed by atoms with Gasteiger partial charge in [0.2, 0.25) is 0 Å². The summed E-state index contributed by atoms with van der Waals surface area (Å²) in [7, 11) is 0. The van der Waals surface area contributed by atoms with Crippen molar-refractivity contribution in [3.05, 3.63) is 112 Å². The van der Waals surface area contributed by atoms with Gasteiger partial charge in [0.05, 0.1) is 9.85 Å². The normalized spacial score (nSPS) is 12.6. The van der Waals surface area contributed by atoms with Gasteiger partial charge in [-0.3, -0.25) is 34.2 Å². The van der Waals surface area contributed by atoms with Crippen molar-refractivity contribution in [1.82, 2.24) is 19.8 Å². The third-order valence-corrected chi connectivity index (χ3v) is 8.02. The summed E-state index contributed by atoms with van der Waals surface area (Å²) in [5, 5.41) is 29.3. The summed E-state index contributed by atoms with van der Waals surface area (Å²) in [6.45, 7) is 8.23. The number of aryl methyl sites for hydroxylation is 1. The lowest BCUT2D eigenvalue weighted by Crippen LogP contribution is -2.40. The molecule has 12 heteroatoms. The van der Waals surface area contributed by atoms with Gasteiger partial charge in [-0.2, -0.15) is 0 Å². The second-order valence-corrected chi connectivity index (χ2v) is 11.7. The number of nitro groups is 2. The molecule has 0 fully saturated rings. The Morgan fingerprint density at radius 1 is 0.689 bits per heavy atom. The third kappa shape index (κ3) is 11.1. The number of nitrogens with zero attached hydrogens (tertiary/aromatic N) is 4. The van der Waals surface area contributed by atoms with Crippen LogP contribution in [0.2, 0.25) is 0 Å². The summed E-state index contributed by atoms with van der Waals surface area (Å²) in [5.74, 6) is 0. The molecule has 0 amide bonds. The van der Waals surface area contributed by atoms with Gasteiger partial charge < -0.3 is 10.6 Å². The van der Waals surface area contributed by atoms with Crippen molar-refractivity contribution in [2.24, 2.45) is 0 Å². The summed E-state index contributed by atoms with van der Waals surface area (Å²) in [6, 6.07) is 15.3. The van der Waals surface area contributed by atoms with E-state index in [9.17, 15) is 29.8 Å². The van der Waals surface area contributed by atoms with Crippen LogP contribution in [0.25, 0.3) is 0 Å². The smallest absolute Gasteiger partial charge is 0.314 e. The Labute approximate surface area is 263 Å². The van der Waals surface area contributed by atoms with Gasteiger partial charge in [-0.1, -0.05) is 49.2 Å². The highest BCUT2D eigenvalue weighted by molar-refractivity contribution is 5.41. The number of aromatic nitrogens is 2. The minimum atomic E-state index is -0.351. The first-order valence-electron chi connectivity index (χ1n) is 15.8. The van der Waals surface area contributed by atoms with E-state index in [0.29, 0.717) is 49.2 Å². The van der Waals surface area contributed by atoms with Crippen molar-refractivity contribution in [3.8, 4) is 0 Å². The fraction of sp³-hybridized carbons (Fsp3) is 0.515. The minimum absolute atomic E-state index is 0.0791. The van der Waals surface area contributed by atoms with Crippen molar-refractivity contribution < 1.29 is 9.85 Å². The molecule has 0 aliphatic carbocycles. The summed E-state index contributed by atoms with van der Waals surface area (Å²) < 4.78 is 3.00. The highest BCUT2D eigenvalue weighted by Gasteiger charge is 2.16. The van der Waals surface area contributed by atoms with E-state index in [0.717, 1.165) is 45.2 Å². The van der Waals surface area contributed by atoms with Crippen LogP contribution in [0.4, 0.5) is 11.4 Å². The average Bonchev–Trinajstić information content (AvgIpc) is 2.99. The van der Waals surface area contributed by atoms with Crippen molar-refractivity contribution in [3.63, 3.8) is 0 Å². The predicted octanol–water partition coefficient (Wildman–Crippen LogP) is 4.92. The zero-order chi connectivity index (χ0) is 32.8. The van der Waals surface area contributed by atoms with Crippen LogP contribution in [0.5, 0.6) is 0 Å². The molecular formula is C33H46N6O6. The minimum Gasteiger partial charge on any atom is -0.314 e. The Bertz CT molecular complexity index is 1530. The van der Waals surface area contributed by atoms with E-state index in [1.807, 2.05) is 26.0 Å². The number of unbranched alkanes of at least 4 members (excludes halogenated alkanes) is 4. The molecule has 1 aromatic heterocycles. The number of nitro benzene ring substituents is 2. The number of rotatable bonds is 20. The average molecular weight is 623 g/mol. The van der Waals surface area contributed by atoms with Gasteiger partial charge in [-0.15, -0.1) is 0 Å². The molecule has 3 rings (SSSR count). The maximum atomic E-state index is 13.1. The summed E-state index contributed by atoms with van der Waals surface area (Å²) >= 11 is 0. The number of hydrogen-bond donors (Lipinski definition) is 2. The lowest BCUT2D eigenvalue weighted by atomic mass is 10.0. The summed E-state index contributed by atoms with van der Waals surface area (Å²) in [5.41, 5.74) is 1.82. The SMILES string of the molecule is Cc1cc(=O)n(CCCCCNC(C)Cc2ccccc2[N+](=O)[O-])c(=O)n1CCCCCNC(C)Cc1ccccc1[N+](=O)[O-]. The van der Waals surface area contributed by atoms with Gasteiger partial charge in [-0.25, -0.2) is 4.79 Å². The molecule has 2 atom stereocenters. The molecule has 1 heterocycles. The van der Waals surface area contributed by atoms with E-state index in [-0.39, 0.29) is 44.6 Å². The molecule has 2 N–H and O–H groups in total. The van der Waals surface area contributed by atoms with Gasteiger partial charge >= 0.3 is 5.69 Å². The molecule has 244 valence electrons. The maximum absolute atomic E-state index is 13.1. The van der Waals surface area contributed by atoms with Crippen molar-refractivity contribution >= 4 is 11.4 Å². The molecule has 0 saturated carbocycles. The molecule has 0 aliphatic heterocycles. The maximum Gasteiger partial charge on any atom is 0.331 e. The van der Waals surface area contributed by atoms with Crippen LogP contribution >= 0.6 is 0 Å². The molecule has 2 unspecified atom stereocenters. The number of benzene rings is 2. The fourth-order valence-corrected chi connectivity index (χ4v) is 5.57. The predicted molar refractivity (Wildman–Crippen MR) is 176 cm³/mol. The van der Waals surface area contributed by atoms with Crippen molar-refractivity contribution in [2.75, 3.05) is 13.1 Å². The number of para-hydroxylation sites is 2. The Hall–Kier alpha value is -4.16. The van der Waals surface area contributed by atoms with E-state index >= 15 is 0 Å². The van der Waals surface area contributed by atoms with Crippen LogP contribution in [0.3, 0.4) is 0 Å². The summed E-state index contributed by atoms with van der Waals surface area (Å²) in [6.07, 6.45) is 6.15. The van der Waals surface area contributed by atoms with Gasteiger partial charge in [0.1, 0.15) is 0 Å². The van der Waals surface area contributed by atoms with Crippen LogP contribution in [0.1, 0.15) is 69.2 Å². The van der Waals surface area contributed by atoms with E-state index in [1.54, 1.807) is 35.8 Å². The molecule has 0 saturated heterocycles. The molecule has 3 aromatic rings. The lowest BCUT2D eigenvalue weighted by Gasteiger charge is -2.15. The second kappa shape index (κ2) is 18.0. The molecule has 12 nitrogen and oxygen atoms in total. The standard InChI is InChI=1S/C33H46N6O6/c1-25(22-28-14-6-8-16-30(28)38(42)43)34-18-10-4-12-20-36-27(3)24-32(40)37(33(36)41)21-13-5-11-19-35-26(2)23-29-15-7-9-17-31(29)39(44)45/h6-9,14-17,24-26,34-35H,4-5,10-13,18-23H2,1-3H3. The molecule has 0 bridgehead atoms. The lowest BCUT2D eigenvalue weighted by molar-refractivity contribution is -0.385. The van der Waals surface area contributed by atoms with E-state index in [2.05, 4.69) is 10.6 Å². The Kier molecular flexibility index (Phi) is 14.1.